The van der Waals surface area contributed by atoms with Crippen LogP contribution in [-0.4, -0.2) is 25.6 Å². The molecule has 6 nitrogen and oxygen atoms in total. The molecule has 0 fully saturated rings. The first-order valence-corrected chi connectivity index (χ1v) is 6.11. The van der Waals surface area contributed by atoms with Gasteiger partial charge in [0.2, 0.25) is 0 Å². The molecule has 4 rings (SSSR count). The van der Waals surface area contributed by atoms with E-state index in [9.17, 15) is 4.79 Å². The van der Waals surface area contributed by atoms with Crippen LogP contribution in [0.15, 0.2) is 47.3 Å². The van der Waals surface area contributed by atoms with Crippen LogP contribution in [0.4, 0.5) is 0 Å². The minimum absolute atomic E-state index is 0.188. The Morgan fingerprint density at radius 1 is 0.850 bits per heavy atom. The van der Waals surface area contributed by atoms with Crippen molar-refractivity contribution in [2.24, 2.45) is 0 Å². The number of fused-ring (bicyclic) bond motifs is 2. The van der Waals surface area contributed by atoms with Crippen molar-refractivity contribution in [3.8, 4) is 11.3 Å². The van der Waals surface area contributed by atoms with Crippen molar-refractivity contribution in [1.82, 2.24) is 25.6 Å². The Bertz CT molecular complexity index is 985. The molecule has 0 spiro atoms. The molecule has 0 saturated carbocycles. The molecule has 0 radical (unpaired) electrons. The van der Waals surface area contributed by atoms with Crippen LogP contribution in [-0.2, 0) is 0 Å². The molecule has 4 aromatic rings. The summed E-state index contributed by atoms with van der Waals surface area (Å²) in [6, 6.07) is 13.1. The Labute approximate surface area is 112 Å². The first-order chi connectivity index (χ1) is 9.83. The maximum atomic E-state index is 11.8. The van der Waals surface area contributed by atoms with E-state index in [2.05, 4.69) is 25.6 Å². The fraction of sp³-hybridized carbons (Fsp3) is 0. The lowest BCUT2D eigenvalue weighted by molar-refractivity contribution is 0.959. The van der Waals surface area contributed by atoms with Gasteiger partial charge >= 0.3 is 0 Å². The number of rotatable bonds is 1. The summed E-state index contributed by atoms with van der Waals surface area (Å²) < 4.78 is 0. The van der Waals surface area contributed by atoms with E-state index < -0.39 is 0 Å². The van der Waals surface area contributed by atoms with Crippen LogP contribution in [0.5, 0.6) is 0 Å². The molecule has 0 saturated heterocycles. The van der Waals surface area contributed by atoms with Gasteiger partial charge in [-0.25, -0.2) is 5.10 Å². The van der Waals surface area contributed by atoms with E-state index in [-0.39, 0.29) is 5.56 Å². The van der Waals surface area contributed by atoms with Crippen LogP contribution in [0.25, 0.3) is 33.1 Å². The summed E-state index contributed by atoms with van der Waals surface area (Å²) in [6.07, 6.45) is 0. The Hall–Kier alpha value is -3.02. The predicted molar refractivity (Wildman–Crippen MR) is 75.2 cm³/mol. The predicted octanol–water partition coefficient (Wildman–Crippen LogP) is 1.86. The molecule has 0 atom stereocenters. The van der Waals surface area contributed by atoms with Crippen LogP contribution >= 0.6 is 0 Å². The fourth-order valence-electron chi connectivity index (χ4n) is 2.32. The van der Waals surface area contributed by atoms with Crippen molar-refractivity contribution in [2.75, 3.05) is 0 Å². The van der Waals surface area contributed by atoms with E-state index in [1.807, 2.05) is 36.4 Å². The Morgan fingerprint density at radius 2 is 1.65 bits per heavy atom. The molecule has 96 valence electrons. The summed E-state index contributed by atoms with van der Waals surface area (Å²) in [5.74, 6) is 0. The number of aromatic nitrogens is 5. The third kappa shape index (κ3) is 1.51. The van der Waals surface area contributed by atoms with E-state index in [4.69, 9.17) is 0 Å². The Kier molecular flexibility index (Phi) is 2.17. The lowest BCUT2D eigenvalue weighted by Crippen LogP contribution is -2.09. The van der Waals surface area contributed by atoms with E-state index in [1.165, 1.54) is 0 Å². The van der Waals surface area contributed by atoms with E-state index in [0.29, 0.717) is 5.39 Å². The monoisotopic (exact) mass is 263 g/mol. The van der Waals surface area contributed by atoms with Gasteiger partial charge in [-0.15, -0.1) is 0 Å². The minimum Gasteiger partial charge on any atom is -0.267 e. The van der Waals surface area contributed by atoms with Gasteiger partial charge in [0, 0.05) is 10.9 Å². The molecule has 6 heteroatoms. The molecule has 0 aliphatic heterocycles. The van der Waals surface area contributed by atoms with Crippen molar-refractivity contribution in [3.05, 3.63) is 52.8 Å². The molecule has 2 aromatic heterocycles. The van der Waals surface area contributed by atoms with Gasteiger partial charge in [0.05, 0.1) is 11.1 Å². The smallest absolute Gasteiger partial charge is 0.267 e. The number of benzene rings is 2. The molecular weight excluding hydrogens is 254 g/mol. The third-order valence-corrected chi connectivity index (χ3v) is 3.29. The molecule has 2 aromatic carbocycles. The van der Waals surface area contributed by atoms with Crippen LogP contribution in [0.2, 0.25) is 0 Å². The maximum absolute atomic E-state index is 11.8. The van der Waals surface area contributed by atoms with Gasteiger partial charge < -0.3 is 0 Å². The van der Waals surface area contributed by atoms with Gasteiger partial charge in [-0.1, -0.05) is 24.3 Å². The van der Waals surface area contributed by atoms with Crippen molar-refractivity contribution >= 4 is 21.8 Å². The molecule has 0 unspecified atom stereocenters. The van der Waals surface area contributed by atoms with E-state index >= 15 is 0 Å². The first-order valence-electron chi connectivity index (χ1n) is 6.11. The standard InChI is InChI=1S/C14H9N5O/c20-14-10-4-2-1-3-9(10)13(17-18-14)8-5-6-11-12(7-8)16-19-15-11/h1-7H,(H,18,20)(H,15,16,19). The Balaban J connectivity index is 2.06. The van der Waals surface area contributed by atoms with Crippen molar-refractivity contribution in [2.45, 2.75) is 0 Å². The number of hydrogen-bond donors (Lipinski definition) is 2. The molecule has 2 N–H and O–H groups in total. The highest BCUT2D eigenvalue weighted by atomic mass is 16.1. The minimum atomic E-state index is -0.188. The second-order valence-corrected chi connectivity index (χ2v) is 4.47. The molecule has 2 heterocycles. The summed E-state index contributed by atoms with van der Waals surface area (Å²) in [5.41, 5.74) is 2.98. The number of nitrogens with zero attached hydrogens (tertiary/aromatic N) is 3. The van der Waals surface area contributed by atoms with Gasteiger partial charge in [-0.2, -0.15) is 20.5 Å². The van der Waals surface area contributed by atoms with Crippen LogP contribution in [0.1, 0.15) is 0 Å². The lowest BCUT2D eigenvalue weighted by atomic mass is 10.0. The zero-order valence-electron chi connectivity index (χ0n) is 10.3. The molecule has 0 amide bonds. The molecular formula is C14H9N5O. The number of hydrogen-bond acceptors (Lipinski definition) is 4. The summed E-state index contributed by atoms with van der Waals surface area (Å²) in [5, 5.41) is 18.8. The van der Waals surface area contributed by atoms with Crippen molar-refractivity contribution in [1.29, 1.82) is 0 Å². The molecule has 20 heavy (non-hydrogen) atoms. The second-order valence-electron chi connectivity index (χ2n) is 4.47. The number of H-pyrrole nitrogens is 2. The largest absolute Gasteiger partial charge is 0.272 e. The van der Waals surface area contributed by atoms with Crippen LogP contribution < -0.4 is 5.56 Å². The SMILES string of the molecule is O=c1[nH]nc(-c2ccc3n[nH]nc3c2)c2ccccc12. The van der Waals surface area contributed by atoms with Gasteiger partial charge in [0.25, 0.3) is 5.56 Å². The molecule has 0 aliphatic carbocycles. The zero-order valence-corrected chi connectivity index (χ0v) is 10.3. The highest BCUT2D eigenvalue weighted by Gasteiger charge is 2.09. The third-order valence-electron chi connectivity index (χ3n) is 3.29. The molecule has 0 aliphatic rings. The Morgan fingerprint density at radius 3 is 2.55 bits per heavy atom. The van der Waals surface area contributed by atoms with E-state index in [1.54, 1.807) is 6.07 Å². The number of aromatic amines is 2. The average molecular weight is 263 g/mol. The first kappa shape index (κ1) is 10.9. The molecule has 0 bridgehead atoms. The van der Waals surface area contributed by atoms with Crippen molar-refractivity contribution < 1.29 is 0 Å². The zero-order chi connectivity index (χ0) is 13.5. The normalized spacial score (nSPS) is 11.2. The highest BCUT2D eigenvalue weighted by Crippen LogP contribution is 2.25. The summed E-state index contributed by atoms with van der Waals surface area (Å²) in [6.45, 7) is 0. The quantitative estimate of drug-likeness (QED) is 0.548. The van der Waals surface area contributed by atoms with Gasteiger partial charge in [-0.05, 0) is 18.2 Å². The topological polar surface area (TPSA) is 87.3 Å². The maximum Gasteiger partial charge on any atom is 0.272 e. The van der Waals surface area contributed by atoms with E-state index in [0.717, 1.165) is 27.7 Å². The van der Waals surface area contributed by atoms with Gasteiger partial charge in [-0.3, -0.25) is 4.79 Å². The average Bonchev–Trinajstić information content (AvgIpc) is 2.95. The fourth-order valence-corrected chi connectivity index (χ4v) is 2.32. The number of nitrogens with one attached hydrogen (secondary N) is 2. The summed E-state index contributed by atoms with van der Waals surface area (Å²) in [4.78, 5) is 11.8. The summed E-state index contributed by atoms with van der Waals surface area (Å²) in [7, 11) is 0. The van der Waals surface area contributed by atoms with Crippen LogP contribution in [0.3, 0.4) is 0 Å². The second kappa shape index (κ2) is 3.99. The van der Waals surface area contributed by atoms with Gasteiger partial charge in [0.15, 0.2) is 0 Å². The van der Waals surface area contributed by atoms with Crippen LogP contribution in [0, 0.1) is 0 Å². The van der Waals surface area contributed by atoms with Gasteiger partial charge in [0.1, 0.15) is 11.0 Å². The van der Waals surface area contributed by atoms with Crippen molar-refractivity contribution in [3.63, 3.8) is 0 Å². The summed E-state index contributed by atoms with van der Waals surface area (Å²) >= 11 is 0. The highest BCUT2D eigenvalue weighted by molar-refractivity contribution is 5.95. The lowest BCUT2D eigenvalue weighted by Gasteiger charge is -2.04.